The number of aromatic nitrogens is 2. The predicted molar refractivity (Wildman–Crippen MR) is 85.4 cm³/mol. The fourth-order valence-electron chi connectivity index (χ4n) is 2.68. The Morgan fingerprint density at radius 1 is 1.30 bits per heavy atom. The summed E-state index contributed by atoms with van der Waals surface area (Å²) in [6, 6.07) is 1.91. The van der Waals surface area contributed by atoms with Gasteiger partial charge in [-0.15, -0.1) is 11.3 Å². The standard InChI is InChI=1S/C15H18ClN3S/c16-13-9-17-7-6-12(13)14-10-20-15(19-14)18-8-11-4-2-1-3-5-11/h6-7,9-11H,1-5,8H2,(H,18,19). The minimum absolute atomic E-state index is 0.650. The molecule has 2 heterocycles. The van der Waals surface area contributed by atoms with Crippen LogP contribution >= 0.6 is 22.9 Å². The highest BCUT2D eigenvalue weighted by Gasteiger charge is 2.14. The molecule has 106 valence electrons. The zero-order chi connectivity index (χ0) is 13.8. The Morgan fingerprint density at radius 2 is 2.15 bits per heavy atom. The Bertz CT molecular complexity index is 564. The molecule has 3 nitrogen and oxygen atoms in total. The molecular weight excluding hydrogens is 290 g/mol. The molecule has 0 aromatic carbocycles. The SMILES string of the molecule is Clc1cnccc1-c1csc(NCC2CCCCC2)n1. The Kier molecular flexibility index (Phi) is 4.53. The van der Waals surface area contributed by atoms with Gasteiger partial charge in [0.05, 0.1) is 10.7 Å². The maximum Gasteiger partial charge on any atom is 0.183 e. The number of thiazole rings is 1. The topological polar surface area (TPSA) is 37.8 Å². The quantitative estimate of drug-likeness (QED) is 0.877. The number of nitrogens with one attached hydrogen (secondary N) is 1. The molecular formula is C15H18ClN3S. The summed E-state index contributed by atoms with van der Waals surface area (Å²) in [7, 11) is 0. The monoisotopic (exact) mass is 307 g/mol. The summed E-state index contributed by atoms with van der Waals surface area (Å²) in [5.74, 6) is 0.806. The van der Waals surface area contributed by atoms with Crippen LogP contribution in [0.5, 0.6) is 0 Å². The molecule has 0 unspecified atom stereocenters. The van der Waals surface area contributed by atoms with Gasteiger partial charge >= 0.3 is 0 Å². The summed E-state index contributed by atoms with van der Waals surface area (Å²) in [5.41, 5.74) is 1.87. The lowest BCUT2D eigenvalue weighted by atomic mass is 9.89. The predicted octanol–water partition coefficient (Wildman–Crippen LogP) is 4.85. The fourth-order valence-corrected chi connectivity index (χ4v) is 3.62. The van der Waals surface area contributed by atoms with Gasteiger partial charge in [0.25, 0.3) is 0 Å². The van der Waals surface area contributed by atoms with Crippen molar-refractivity contribution in [1.82, 2.24) is 9.97 Å². The maximum atomic E-state index is 6.15. The van der Waals surface area contributed by atoms with E-state index in [2.05, 4.69) is 15.3 Å². The number of pyridine rings is 1. The van der Waals surface area contributed by atoms with Crippen LogP contribution in [0.3, 0.4) is 0 Å². The summed E-state index contributed by atoms with van der Waals surface area (Å²) in [6.45, 7) is 1.04. The number of nitrogens with zero attached hydrogens (tertiary/aromatic N) is 2. The van der Waals surface area contributed by atoms with E-state index >= 15 is 0 Å². The van der Waals surface area contributed by atoms with Crippen LogP contribution in [0.15, 0.2) is 23.8 Å². The first-order valence-electron chi connectivity index (χ1n) is 7.12. The maximum absolute atomic E-state index is 6.15. The average molecular weight is 308 g/mol. The molecule has 1 saturated carbocycles. The van der Waals surface area contributed by atoms with Crippen molar-refractivity contribution in [2.75, 3.05) is 11.9 Å². The second-order valence-electron chi connectivity index (χ2n) is 5.28. The third kappa shape index (κ3) is 3.30. The van der Waals surface area contributed by atoms with Crippen molar-refractivity contribution in [3.8, 4) is 11.3 Å². The van der Waals surface area contributed by atoms with Crippen LogP contribution in [-0.2, 0) is 0 Å². The van der Waals surface area contributed by atoms with Gasteiger partial charge in [-0.2, -0.15) is 0 Å². The van der Waals surface area contributed by atoms with E-state index in [-0.39, 0.29) is 0 Å². The lowest BCUT2D eigenvalue weighted by Gasteiger charge is -2.21. The summed E-state index contributed by atoms with van der Waals surface area (Å²) < 4.78 is 0. The van der Waals surface area contributed by atoms with Crippen molar-refractivity contribution in [3.63, 3.8) is 0 Å². The van der Waals surface area contributed by atoms with Crippen molar-refractivity contribution in [3.05, 3.63) is 28.9 Å². The third-order valence-electron chi connectivity index (χ3n) is 3.82. The molecule has 0 amide bonds. The van der Waals surface area contributed by atoms with Crippen molar-refractivity contribution < 1.29 is 0 Å². The third-order valence-corrected chi connectivity index (χ3v) is 4.92. The van der Waals surface area contributed by atoms with Gasteiger partial charge < -0.3 is 5.32 Å². The second kappa shape index (κ2) is 6.55. The van der Waals surface area contributed by atoms with E-state index in [0.717, 1.165) is 28.9 Å². The zero-order valence-electron chi connectivity index (χ0n) is 11.3. The van der Waals surface area contributed by atoms with Crippen LogP contribution in [0.25, 0.3) is 11.3 Å². The molecule has 0 saturated heterocycles. The van der Waals surface area contributed by atoms with E-state index in [0.29, 0.717) is 5.02 Å². The summed E-state index contributed by atoms with van der Waals surface area (Å²) in [6.07, 6.45) is 10.3. The molecule has 1 aliphatic rings. The van der Waals surface area contributed by atoms with Gasteiger partial charge in [0.15, 0.2) is 5.13 Å². The summed E-state index contributed by atoms with van der Waals surface area (Å²) in [5, 5.41) is 7.15. The van der Waals surface area contributed by atoms with Gasteiger partial charge in [-0.05, 0) is 24.8 Å². The van der Waals surface area contributed by atoms with Gasteiger partial charge in [0, 0.05) is 29.9 Å². The lowest BCUT2D eigenvalue weighted by molar-refractivity contribution is 0.373. The smallest absolute Gasteiger partial charge is 0.183 e. The van der Waals surface area contributed by atoms with Crippen LogP contribution in [0.4, 0.5) is 5.13 Å². The van der Waals surface area contributed by atoms with Gasteiger partial charge in [0.2, 0.25) is 0 Å². The van der Waals surface area contributed by atoms with Gasteiger partial charge in [-0.1, -0.05) is 30.9 Å². The molecule has 0 spiro atoms. The van der Waals surface area contributed by atoms with Crippen molar-refractivity contribution in [2.24, 2.45) is 5.92 Å². The first-order chi connectivity index (χ1) is 9.83. The molecule has 0 aliphatic heterocycles. The highest BCUT2D eigenvalue weighted by atomic mass is 35.5. The van der Waals surface area contributed by atoms with E-state index in [9.17, 15) is 0 Å². The Hall–Kier alpha value is -1.13. The molecule has 1 N–H and O–H groups in total. The second-order valence-corrected chi connectivity index (χ2v) is 6.54. The van der Waals surface area contributed by atoms with E-state index in [4.69, 9.17) is 11.6 Å². The largest absolute Gasteiger partial charge is 0.361 e. The minimum atomic E-state index is 0.650. The first-order valence-corrected chi connectivity index (χ1v) is 8.38. The molecule has 3 rings (SSSR count). The van der Waals surface area contributed by atoms with Gasteiger partial charge in [0.1, 0.15) is 0 Å². The number of hydrogen-bond donors (Lipinski definition) is 1. The Morgan fingerprint density at radius 3 is 2.95 bits per heavy atom. The number of anilines is 1. The average Bonchev–Trinajstić information content (AvgIpc) is 2.95. The molecule has 0 radical (unpaired) electrons. The van der Waals surface area contributed by atoms with E-state index in [1.54, 1.807) is 23.7 Å². The summed E-state index contributed by atoms with van der Waals surface area (Å²) >= 11 is 7.79. The van der Waals surface area contributed by atoms with Crippen LogP contribution < -0.4 is 5.32 Å². The van der Waals surface area contributed by atoms with Crippen molar-refractivity contribution >= 4 is 28.1 Å². The normalized spacial score (nSPS) is 16.2. The van der Waals surface area contributed by atoms with Gasteiger partial charge in [-0.3, -0.25) is 4.98 Å². The summed E-state index contributed by atoms with van der Waals surface area (Å²) in [4.78, 5) is 8.62. The number of halogens is 1. The van der Waals surface area contributed by atoms with E-state index < -0.39 is 0 Å². The molecule has 1 aliphatic carbocycles. The van der Waals surface area contributed by atoms with E-state index in [1.807, 2.05) is 11.4 Å². The molecule has 5 heteroatoms. The highest BCUT2D eigenvalue weighted by Crippen LogP contribution is 2.30. The molecule has 2 aromatic heterocycles. The van der Waals surface area contributed by atoms with Crippen LogP contribution in [0.2, 0.25) is 5.02 Å². The Labute approximate surface area is 128 Å². The number of rotatable bonds is 4. The molecule has 0 bridgehead atoms. The molecule has 1 fully saturated rings. The van der Waals surface area contributed by atoms with Gasteiger partial charge in [-0.25, -0.2) is 4.98 Å². The zero-order valence-corrected chi connectivity index (χ0v) is 12.9. The fraction of sp³-hybridized carbons (Fsp3) is 0.467. The first kappa shape index (κ1) is 13.8. The van der Waals surface area contributed by atoms with Crippen molar-refractivity contribution in [1.29, 1.82) is 0 Å². The molecule has 2 aromatic rings. The van der Waals surface area contributed by atoms with Crippen molar-refractivity contribution in [2.45, 2.75) is 32.1 Å². The van der Waals surface area contributed by atoms with Crippen LogP contribution in [0.1, 0.15) is 32.1 Å². The minimum Gasteiger partial charge on any atom is -0.361 e. The van der Waals surface area contributed by atoms with E-state index in [1.165, 1.54) is 32.1 Å². The molecule has 0 atom stereocenters. The van der Waals surface area contributed by atoms with Crippen LogP contribution in [0, 0.1) is 5.92 Å². The molecule has 20 heavy (non-hydrogen) atoms. The Balaban J connectivity index is 1.63. The van der Waals surface area contributed by atoms with Crippen LogP contribution in [-0.4, -0.2) is 16.5 Å². The highest BCUT2D eigenvalue weighted by molar-refractivity contribution is 7.14. The number of hydrogen-bond acceptors (Lipinski definition) is 4. The lowest BCUT2D eigenvalue weighted by Crippen LogP contribution is -2.16.